The summed E-state index contributed by atoms with van der Waals surface area (Å²) in [6.45, 7) is 3.38. The van der Waals surface area contributed by atoms with Crippen LogP contribution in [0.5, 0.6) is 0 Å². The maximum Gasteiger partial charge on any atom is 0.230 e. The summed E-state index contributed by atoms with van der Waals surface area (Å²) in [5.74, 6) is 1.09. The second-order valence-electron chi connectivity index (χ2n) is 8.36. The minimum Gasteiger partial charge on any atom is -0.388 e. The van der Waals surface area contributed by atoms with Crippen molar-refractivity contribution in [1.29, 1.82) is 0 Å². The van der Waals surface area contributed by atoms with Crippen molar-refractivity contribution in [1.82, 2.24) is 10.2 Å². The Balaban J connectivity index is 1.38. The zero-order valence-electron chi connectivity index (χ0n) is 15.3. The number of fused-ring (bicyclic) bond motifs is 1. The minimum absolute atomic E-state index is 0.153. The molecule has 3 aliphatic rings. The van der Waals surface area contributed by atoms with Crippen molar-refractivity contribution in [2.75, 3.05) is 26.2 Å². The summed E-state index contributed by atoms with van der Waals surface area (Å²) < 4.78 is 0. The number of carbonyl (C=O) groups excluding carboxylic acids is 1. The van der Waals surface area contributed by atoms with E-state index >= 15 is 0 Å². The number of hydrogen-bond acceptors (Lipinski definition) is 3. The molecule has 0 aromatic heterocycles. The molecule has 1 aromatic carbocycles. The molecule has 3 atom stereocenters. The molecule has 142 valence electrons. The Kier molecular flexibility index (Phi) is 5.27. The quantitative estimate of drug-likeness (QED) is 0.850. The third kappa shape index (κ3) is 3.28. The van der Waals surface area contributed by atoms with E-state index in [2.05, 4.69) is 10.2 Å². The van der Waals surface area contributed by atoms with Gasteiger partial charge in [0.25, 0.3) is 0 Å². The van der Waals surface area contributed by atoms with Gasteiger partial charge >= 0.3 is 0 Å². The highest BCUT2D eigenvalue weighted by Crippen LogP contribution is 2.45. The number of benzene rings is 1. The topological polar surface area (TPSA) is 52.6 Å². The maximum absolute atomic E-state index is 13.3. The molecule has 1 amide bonds. The van der Waals surface area contributed by atoms with Gasteiger partial charge in [-0.2, -0.15) is 0 Å². The molecule has 0 bridgehead atoms. The zero-order valence-corrected chi connectivity index (χ0v) is 16.0. The van der Waals surface area contributed by atoms with E-state index in [4.69, 9.17) is 11.6 Å². The largest absolute Gasteiger partial charge is 0.388 e. The average molecular weight is 377 g/mol. The monoisotopic (exact) mass is 376 g/mol. The van der Waals surface area contributed by atoms with Crippen LogP contribution in [0.1, 0.15) is 50.2 Å². The number of amides is 1. The Morgan fingerprint density at radius 1 is 1.19 bits per heavy atom. The number of aliphatic hydroxyl groups excluding tert-OH is 1. The van der Waals surface area contributed by atoms with Crippen molar-refractivity contribution in [3.05, 3.63) is 34.9 Å². The number of halogens is 1. The average Bonchev–Trinajstić information content (AvgIpc) is 3.13. The van der Waals surface area contributed by atoms with Gasteiger partial charge in [-0.25, -0.2) is 0 Å². The second kappa shape index (κ2) is 7.49. The number of piperidine rings is 1. The molecule has 3 fully saturated rings. The van der Waals surface area contributed by atoms with E-state index in [0.29, 0.717) is 16.8 Å². The molecule has 1 aromatic rings. The van der Waals surface area contributed by atoms with Crippen LogP contribution in [0.15, 0.2) is 24.3 Å². The summed E-state index contributed by atoms with van der Waals surface area (Å²) >= 11 is 5.94. The lowest BCUT2D eigenvalue weighted by atomic mass is 9.67. The Bertz CT molecular complexity index is 642. The Hall–Kier alpha value is -1.10. The summed E-state index contributed by atoms with van der Waals surface area (Å²) in [7, 11) is 0. The second-order valence-corrected chi connectivity index (χ2v) is 8.79. The summed E-state index contributed by atoms with van der Waals surface area (Å²) in [5.41, 5.74) is 0.769. The van der Waals surface area contributed by atoms with Crippen LogP contribution < -0.4 is 5.32 Å². The fourth-order valence-corrected chi connectivity index (χ4v) is 5.46. The summed E-state index contributed by atoms with van der Waals surface area (Å²) in [6.07, 6.45) is 5.92. The van der Waals surface area contributed by atoms with Crippen molar-refractivity contribution >= 4 is 17.5 Å². The first kappa shape index (κ1) is 18.3. The van der Waals surface area contributed by atoms with E-state index < -0.39 is 6.10 Å². The Morgan fingerprint density at radius 3 is 2.65 bits per heavy atom. The number of nitrogens with one attached hydrogen (secondary N) is 1. The van der Waals surface area contributed by atoms with E-state index in [1.54, 1.807) is 0 Å². The molecule has 5 heteroatoms. The highest BCUT2D eigenvalue weighted by molar-refractivity contribution is 6.30. The molecule has 4 rings (SSSR count). The van der Waals surface area contributed by atoms with E-state index in [0.717, 1.165) is 51.0 Å². The number of rotatable bonds is 3. The predicted molar refractivity (Wildman–Crippen MR) is 103 cm³/mol. The lowest BCUT2D eigenvalue weighted by Crippen LogP contribution is -2.52. The van der Waals surface area contributed by atoms with Crippen molar-refractivity contribution in [3.8, 4) is 0 Å². The molecule has 1 saturated carbocycles. The van der Waals surface area contributed by atoms with Crippen LogP contribution in [0.3, 0.4) is 0 Å². The van der Waals surface area contributed by atoms with Crippen molar-refractivity contribution < 1.29 is 9.90 Å². The molecule has 1 unspecified atom stereocenters. The molecule has 2 N–H and O–H groups in total. The van der Waals surface area contributed by atoms with Crippen molar-refractivity contribution in [3.63, 3.8) is 0 Å². The molecule has 1 aliphatic carbocycles. The normalized spacial score (nSPS) is 30.8. The highest BCUT2D eigenvalue weighted by atomic mass is 35.5. The van der Waals surface area contributed by atoms with Gasteiger partial charge in [0.2, 0.25) is 5.91 Å². The van der Waals surface area contributed by atoms with Gasteiger partial charge in [-0.05, 0) is 61.8 Å². The summed E-state index contributed by atoms with van der Waals surface area (Å²) in [6, 6.07) is 7.46. The third-order valence-corrected chi connectivity index (χ3v) is 7.20. The van der Waals surface area contributed by atoms with Gasteiger partial charge < -0.3 is 15.3 Å². The fourth-order valence-electron chi connectivity index (χ4n) is 5.33. The van der Waals surface area contributed by atoms with Crippen LogP contribution >= 0.6 is 11.6 Å². The summed E-state index contributed by atoms with van der Waals surface area (Å²) in [5, 5.41) is 14.9. The molecule has 0 radical (unpaired) electrons. The van der Waals surface area contributed by atoms with E-state index in [-0.39, 0.29) is 11.3 Å². The molecule has 4 nitrogen and oxygen atoms in total. The summed E-state index contributed by atoms with van der Waals surface area (Å²) in [4.78, 5) is 15.4. The molecular formula is C21H29ClN2O2. The van der Waals surface area contributed by atoms with Gasteiger partial charge in [0.05, 0.1) is 11.5 Å². The number of nitrogens with zero attached hydrogens (tertiary/aromatic N) is 1. The van der Waals surface area contributed by atoms with E-state index in [9.17, 15) is 9.90 Å². The Morgan fingerprint density at radius 2 is 1.92 bits per heavy atom. The first-order valence-electron chi connectivity index (χ1n) is 10.0. The number of aliphatic hydroxyl groups is 1. The first-order valence-corrected chi connectivity index (χ1v) is 10.4. The van der Waals surface area contributed by atoms with Crippen LogP contribution in [0.25, 0.3) is 0 Å². The predicted octanol–water partition coefficient (Wildman–Crippen LogP) is 3.39. The van der Waals surface area contributed by atoms with Gasteiger partial charge in [-0.15, -0.1) is 0 Å². The maximum atomic E-state index is 13.3. The van der Waals surface area contributed by atoms with E-state index in [1.165, 1.54) is 19.3 Å². The molecule has 26 heavy (non-hydrogen) atoms. The fraction of sp³-hybridized carbons (Fsp3) is 0.667. The zero-order chi connectivity index (χ0) is 18.1. The van der Waals surface area contributed by atoms with Crippen molar-refractivity contribution in [2.24, 2.45) is 17.3 Å². The van der Waals surface area contributed by atoms with Crippen molar-refractivity contribution in [2.45, 2.75) is 44.6 Å². The minimum atomic E-state index is -0.474. The van der Waals surface area contributed by atoms with Gasteiger partial charge in [0.15, 0.2) is 0 Å². The van der Waals surface area contributed by atoms with Crippen LogP contribution in [-0.4, -0.2) is 42.1 Å². The molecule has 2 heterocycles. The van der Waals surface area contributed by atoms with Crippen LogP contribution in [-0.2, 0) is 4.79 Å². The van der Waals surface area contributed by atoms with Crippen LogP contribution in [0, 0.1) is 17.3 Å². The van der Waals surface area contributed by atoms with Crippen LogP contribution in [0.4, 0.5) is 0 Å². The van der Waals surface area contributed by atoms with Crippen LogP contribution in [0.2, 0.25) is 5.02 Å². The standard InChI is InChI=1S/C21H29ClN2O2/c22-18-6-4-15(5-7-18)19(25)16-8-11-24(12-9-16)20(26)21-10-2-1-3-17(21)13-23-14-21/h4-7,16-17,19,23,25H,1-3,8-14H2/t17-,19?,21+/m0/s1. The Labute approximate surface area is 160 Å². The smallest absolute Gasteiger partial charge is 0.230 e. The van der Waals surface area contributed by atoms with E-state index in [1.807, 2.05) is 24.3 Å². The molecular weight excluding hydrogens is 348 g/mol. The lowest BCUT2D eigenvalue weighted by Gasteiger charge is -2.43. The molecule has 2 saturated heterocycles. The number of likely N-dealkylation sites (tertiary alicyclic amines) is 1. The van der Waals surface area contributed by atoms with Gasteiger partial charge in [0, 0.05) is 24.7 Å². The molecule has 2 aliphatic heterocycles. The van der Waals surface area contributed by atoms with Gasteiger partial charge in [-0.3, -0.25) is 4.79 Å². The number of carbonyl (C=O) groups is 1. The lowest BCUT2D eigenvalue weighted by molar-refractivity contribution is -0.147. The SMILES string of the molecule is O=C(N1CCC(C(O)c2ccc(Cl)cc2)CC1)[C@@]12CCCC[C@H]1CNC2. The third-order valence-electron chi connectivity index (χ3n) is 6.95. The first-order chi connectivity index (χ1) is 12.6. The van der Waals surface area contributed by atoms with Gasteiger partial charge in [-0.1, -0.05) is 36.6 Å². The molecule has 0 spiro atoms. The number of hydrogen-bond donors (Lipinski definition) is 2. The highest BCUT2D eigenvalue weighted by Gasteiger charge is 2.51. The van der Waals surface area contributed by atoms with Gasteiger partial charge in [0.1, 0.15) is 0 Å².